The standard InChI is InChI=1S/3C6H2F3.C4H9.Sn/c3*7-4-1-5(8)3-6(9)2-4;1-3-4-2;/h3*1-2H;1,3-4H2,2H3;. The molecule has 0 aliphatic carbocycles. The number of halogens is 9. The molecule has 0 fully saturated rings. The fraction of sp³-hybridized carbons (Fsp3) is 0.182. The van der Waals surface area contributed by atoms with Crippen LogP contribution in [-0.2, 0) is 0 Å². The molecule has 3 aromatic rings. The molecule has 0 bridgehead atoms. The molecule has 0 saturated heterocycles. The van der Waals surface area contributed by atoms with E-state index in [1.165, 1.54) is 0 Å². The molecule has 10 heteroatoms. The fourth-order valence-corrected chi connectivity index (χ4v) is 19.1. The molecule has 0 heterocycles. The average molecular weight is 569 g/mol. The Morgan fingerprint density at radius 3 is 0.969 bits per heavy atom. The van der Waals surface area contributed by atoms with Crippen molar-refractivity contribution < 1.29 is 39.5 Å². The van der Waals surface area contributed by atoms with Crippen molar-refractivity contribution in [2.45, 2.75) is 24.2 Å². The summed E-state index contributed by atoms with van der Waals surface area (Å²) in [6.45, 7) is 1.61. The number of unbranched alkanes of at least 4 members (excludes halogenated alkanes) is 1. The van der Waals surface area contributed by atoms with Crippen LogP contribution in [0.5, 0.6) is 0 Å². The molecular weight excluding hydrogens is 554 g/mol. The Balaban J connectivity index is 2.62. The van der Waals surface area contributed by atoms with Gasteiger partial charge in [-0.15, -0.1) is 0 Å². The van der Waals surface area contributed by atoms with E-state index in [9.17, 15) is 13.2 Å². The molecule has 0 aromatic heterocycles. The Morgan fingerprint density at radius 1 is 0.500 bits per heavy atom. The Labute approximate surface area is 181 Å². The maximum atomic E-state index is 15.0. The van der Waals surface area contributed by atoms with Crippen molar-refractivity contribution in [2.24, 2.45) is 0 Å². The van der Waals surface area contributed by atoms with Gasteiger partial charge in [0.05, 0.1) is 0 Å². The Bertz CT molecular complexity index is 968. The number of rotatable bonds is 6. The van der Waals surface area contributed by atoms with E-state index < -0.39 is 85.9 Å². The molecule has 0 amide bonds. The van der Waals surface area contributed by atoms with Gasteiger partial charge in [-0.25, -0.2) is 0 Å². The van der Waals surface area contributed by atoms with E-state index in [2.05, 4.69) is 0 Å². The number of hydrogen-bond acceptors (Lipinski definition) is 0. The van der Waals surface area contributed by atoms with Crippen molar-refractivity contribution in [3.63, 3.8) is 0 Å². The average Bonchev–Trinajstić information content (AvgIpc) is 2.63. The van der Waals surface area contributed by atoms with Gasteiger partial charge in [-0.2, -0.15) is 0 Å². The monoisotopic (exact) mass is 570 g/mol. The van der Waals surface area contributed by atoms with Crippen LogP contribution in [0.3, 0.4) is 0 Å². The van der Waals surface area contributed by atoms with Gasteiger partial charge in [-0.05, 0) is 0 Å². The molecule has 0 aliphatic rings. The minimum absolute atomic E-state index is 0.0127. The van der Waals surface area contributed by atoms with Crippen molar-refractivity contribution in [2.75, 3.05) is 0 Å². The first-order valence-electron chi connectivity index (χ1n) is 9.48. The second-order valence-electron chi connectivity index (χ2n) is 7.24. The Hall–Kier alpha value is -2.17. The summed E-state index contributed by atoms with van der Waals surface area (Å²) in [7, 11) is 0. The van der Waals surface area contributed by atoms with Gasteiger partial charge >= 0.3 is 182 Å². The van der Waals surface area contributed by atoms with Crippen LogP contribution in [0.15, 0.2) is 36.4 Å². The van der Waals surface area contributed by atoms with Crippen LogP contribution in [0.4, 0.5) is 39.5 Å². The second kappa shape index (κ2) is 9.36. The van der Waals surface area contributed by atoms with Crippen molar-refractivity contribution in [1.29, 1.82) is 0 Å². The molecule has 3 aromatic carbocycles. The van der Waals surface area contributed by atoms with Crippen LogP contribution in [-0.4, -0.2) is 18.4 Å². The molecule has 0 radical (unpaired) electrons. The molecule has 0 N–H and O–H groups in total. The van der Waals surface area contributed by atoms with E-state index in [0.717, 1.165) is 0 Å². The van der Waals surface area contributed by atoms with Gasteiger partial charge in [-0.1, -0.05) is 0 Å². The van der Waals surface area contributed by atoms with Gasteiger partial charge in [0.15, 0.2) is 0 Å². The van der Waals surface area contributed by atoms with Crippen molar-refractivity contribution >= 4 is 29.1 Å². The summed E-state index contributed by atoms with van der Waals surface area (Å²) in [4.78, 5) is 0. The zero-order chi connectivity index (χ0) is 23.8. The van der Waals surface area contributed by atoms with Crippen LogP contribution < -0.4 is 10.7 Å². The van der Waals surface area contributed by atoms with Gasteiger partial charge in [0.1, 0.15) is 0 Å². The number of benzene rings is 3. The Kier molecular flexibility index (Phi) is 7.16. The maximum absolute atomic E-state index is 15.0. The zero-order valence-electron chi connectivity index (χ0n) is 16.5. The van der Waals surface area contributed by atoms with Crippen LogP contribution in [0, 0.1) is 52.4 Å². The third kappa shape index (κ3) is 4.23. The van der Waals surface area contributed by atoms with Crippen molar-refractivity contribution in [3.05, 3.63) is 88.8 Å². The van der Waals surface area contributed by atoms with Gasteiger partial charge < -0.3 is 0 Å². The van der Waals surface area contributed by atoms with Gasteiger partial charge in [0.25, 0.3) is 0 Å². The summed E-state index contributed by atoms with van der Waals surface area (Å²) in [5.41, 5.74) is 0. The van der Waals surface area contributed by atoms with Crippen molar-refractivity contribution in [1.82, 2.24) is 0 Å². The molecule has 0 unspecified atom stereocenters. The SMILES string of the molecule is CCC[CH2][Sn]([c]1c(F)cc(F)cc1F)([c]1c(F)cc(F)cc1F)[c]1c(F)cc(F)cc1F. The molecule has 32 heavy (non-hydrogen) atoms. The molecule has 170 valence electrons. The van der Waals surface area contributed by atoms with E-state index in [1.807, 2.05) is 0 Å². The summed E-state index contributed by atoms with van der Waals surface area (Å²) in [5, 5.41) is 0. The van der Waals surface area contributed by atoms with Crippen LogP contribution >= 0.6 is 0 Å². The first-order chi connectivity index (χ1) is 15.0. The van der Waals surface area contributed by atoms with Crippen LogP contribution in [0.25, 0.3) is 0 Å². The first kappa shape index (κ1) is 24.5. The quantitative estimate of drug-likeness (QED) is 0.283. The fourth-order valence-electron chi connectivity index (χ4n) is 4.04. The van der Waals surface area contributed by atoms with E-state index in [-0.39, 0.29) is 49.2 Å². The minimum atomic E-state index is -6.12. The van der Waals surface area contributed by atoms with E-state index >= 15 is 26.3 Å². The normalized spacial score (nSPS) is 11.8. The van der Waals surface area contributed by atoms with E-state index in [1.54, 1.807) is 6.92 Å². The third-order valence-corrected chi connectivity index (χ3v) is 19.8. The van der Waals surface area contributed by atoms with E-state index in [4.69, 9.17) is 0 Å². The summed E-state index contributed by atoms with van der Waals surface area (Å²) in [6.07, 6.45) is 0.302. The summed E-state index contributed by atoms with van der Waals surface area (Å²) in [6, 6.07) is 1.39. The second-order valence-corrected chi connectivity index (χ2v) is 18.1. The molecule has 0 atom stereocenters. The molecule has 3 rings (SSSR count). The molecule has 0 nitrogen and oxygen atoms in total. The number of hydrogen-bond donors (Lipinski definition) is 0. The topological polar surface area (TPSA) is 0 Å². The molecule has 0 spiro atoms. The third-order valence-electron chi connectivity index (χ3n) is 5.21. The summed E-state index contributed by atoms with van der Waals surface area (Å²) >= 11 is -6.12. The predicted molar refractivity (Wildman–Crippen MR) is 103 cm³/mol. The summed E-state index contributed by atoms with van der Waals surface area (Å²) in [5.74, 6) is -13.7. The van der Waals surface area contributed by atoms with Gasteiger partial charge in [0, 0.05) is 0 Å². The molecular formula is C22H15F9Sn. The predicted octanol–water partition coefficient (Wildman–Crippen LogP) is 5.21. The van der Waals surface area contributed by atoms with Crippen LogP contribution in [0.2, 0.25) is 4.44 Å². The van der Waals surface area contributed by atoms with Gasteiger partial charge in [-0.3, -0.25) is 0 Å². The van der Waals surface area contributed by atoms with E-state index in [0.29, 0.717) is 0 Å². The Morgan fingerprint density at radius 2 is 0.750 bits per heavy atom. The van der Waals surface area contributed by atoms with Crippen LogP contribution in [0.1, 0.15) is 19.8 Å². The molecule has 0 aliphatic heterocycles. The molecule has 0 saturated carbocycles. The van der Waals surface area contributed by atoms with Crippen molar-refractivity contribution in [3.8, 4) is 0 Å². The van der Waals surface area contributed by atoms with Gasteiger partial charge in [0.2, 0.25) is 0 Å². The first-order valence-corrected chi connectivity index (χ1v) is 15.8. The zero-order valence-corrected chi connectivity index (χ0v) is 19.3. The summed E-state index contributed by atoms with van der Waals surface area (Å²) < 4.78 is 127.